The fourth-order valence-corrected chi connectivity index (χ4v) is 2.36. The zero-order valence-corrected chi connectivity index (χ0v) is 12.2. The molecule has 1 amide bonds. The summed E-state index contributed by atoms with van der Waals surface area (Å²) in [7, 11) is 0. The number of carbonyl (C=O) groups is 1. The minimum Gasteiger partial charge on any atom is -0.354 e. The largest absolute Gasteiger partial charge is 0.354 e. The van der Waals surface area contributed by atoms with Gasteiger partial charge in [0.25, 0.3) is 0 Å². The van der Waals surface area contributed by atoms with Gasteiger partial charge in [-0.2, -0.15) is 0 Å². The highest BCUT2D eigenvalue weighted by molar-refractivity contribution is 7.71. The molecule has 0 saturated carbocycles. The molecular weight excluding hydrogens is 260 g/mol. The maximum atomic E-state index is 12.1. The maximum Gasteiger partial charge on any atom is 0.242 e. The summed E-state index contributed by atoms with van der Waals surface area (Å²) in [6.45, 7) is 6.51. The summed E-state index contributed by atoms with van der Waals surface area (Å²) in [5, 5.41) is 2.88. The number of fused-ring (bicyclic) bond motifs is 1. The van der Waals surface area contributed by atoms with Crippen molar-refractivity contribution in [1.82, 2.24) is 19.9 Å². The summed E-state index contributed by atoms with van der Waals surface area (Å²) in [6.07, 6.45) is 2.64. The summed E-state index contributed by atoms with van der Waals surface area (Å²) in [6, 6.07) is 1.54. The third-order valence-corrected chi connectivity index (χ3v) is 3.43. The topological polar surface area (TPSA) is 62.7 Å². The molecule has 0 fully saturated rings. The molecule has 0 aromatic carbocycles. The fourth-order valence-electron chi connectivity index (χ4n) is 2.02. The zero-order valence-electron chi connectivity index (χ0n) is 11.4. The van der Waals surface area contributed by atoms with Crippen LogP contribution >= 0.6 is 12.2 Å². The third-order valence-electron chi connectivity index (χ3n) is 3.13. The number of carbonyl (C=O) groups excluding carboxylic acids is 1. The molecule has 6 heteroatoms. The summed E-state index contributed by atoms with van der Waals surface area (Å²) >= 11 is 5.31. The van der Waals surface area contributed by atoms with Crippen LogP contribution in [0.5, 0.6) is 0 Å². The Morgan fingerprint density at radius 1 is 1.63 bits per heavy atom. The first-order valence-electron chi connectivity index (χ1n) is 6.39. The van der Waals surface area contributed by atoms with Crippen LogP contribution < -0.4 is 5.32 Å². The number of rotatable bonds is 4. The number of pyridine rings is 1. The maximum absolute atomic E-state index is 12.1. The molecule has 2 aromatic heterocycles. The van der Waals surface area contributed by atoms with E-state index in [1.54, 1.807) is 10.8 Å². The van der Waals surface area contributed by atoms with Gasteiger partial charge in [-0.25, -0.2) is 4.98 Å². The van der Waals surface area contributed by atoms with E-state index in [0.29, 0.717) is 11.3 Å². The van der Waals surface area contributed by atoms with Crippen molar-refractivity contribution in [3.63, 3.8) is 0 Å². The van der Waals surface area contributed by atoms with Gasteiger partial charge in [-0.15, -0.1) is 0 Å². The highest BCUT2D eigenvalue weighted by Crippen LogP contribution is 2.19. The van der Waals surface area contributed by atoms with E-state index in [4.69, 9.17) is 12.2 Å². The molecule has 2 N–H and O–H groups in total. The molecule has 0 aliphatic rings. The lowest BCUT2D eigenvalue weighted by Crippen LogP contribution is -2.31. The van der Waals surface area contributed by atoms with Crippen molar-refractivity contribution in [3.05, 3.63) is 22.6 Å². The second-order valence-corrected chi connectivity index (χ2v) is 4.98. The number of aromatic amines is 1. The molecule has 0 spiro atoms. The van der Waals surface area contributed by atoms with Gasteiger partial charge in [0.2, 0.25) is 5.91 Å². The minimum atomic E-state index is -0.373. The molecule has 5 nitrogen and oxygen atoms in total. The van der Waals surface area contributed by atoms with Crippen LogP contribution in [-0.2, 0) is 4.79 Å². The van der Waals surface area contributed by atoms with Gasteiger partial charge in [-0.3, -0.25) is 9.36 Å². The highest BCUT2D eigenvalue weighted by Gasteiger charge is 2.19. The van der Waals surface area contributed by atoms with Crippen LogP contribution in [0.15, 0.2) is 12.3 Å². The highest BCUT2D eigenvalue weighted by atomic mass is 32.1. The van der Waals surface area contributed by atoms with Crippen molar-refractivity contribution >= 4 is 29.3 Å². The smallest absolute Gasteiger partial charge is 0.242 e. The molecule has 0 bridgehead atoms. The van der Waals surface area contributed by atoms with E-state index in [0.717, 1.165) is 23.1 Å². The minimum absolute atomic E-state index is 0.0397. The number of amides is 1. The van der Waals surface area contributed by atoms with E-state index in [-0.39, 0.29) is 11.9 Å². The van der Waals surface area contributed by atoms with Crippen LogP contribution in [-0.4, -0.2) is 27.0 Å². The SMILES string of the molecule is CCCNC(=O)C(C)n1c(=S)[nH]c2c(C)ccnc21. The zero-order chi connectivity index (χ0) is 14.0. The van der Waals surface area contributed by atoms with Crippen molar-refractivity contribution in [2.24, 2.45) is 0 Å². The number of imidazole rings is 1. The number of nitrogens with zero attached hydrogens (tertiary/aromatic N) is 2. The van der Waals surface area contributed by atoms with Gasteiger partial charge in [-0.1, -0.05) is 6.92 Å². The standard InChI is InChI=1S/C13H18N4OS/c1-4-6-15-12(18)9(3)17-11-10(16-13(17)19)8(2)5-7-14-11/h5,7,9H,4,6H2,1-3H3,(H,15,18)(H,16,19). The van der Waals surface area contributed by atoms with Crippen LogP contribution in [0.3, 0.4) is 0 Å². The Morgan fingerprint density at radius 2 is 2.37 bits per heavy atom. The molecule has 2 heterocycles. The molecule has 0 aliphatic heterocycles. The average Bonchev–Trinajstić information content (AvgIpc) is 2.73. The van der Waals surface area contributed by atoms with Crippen LogP contribution in [0.25, 0.3) is 11.2 Å². The van der Waals surface area contributed by atoms with E-state index in [2.05, 4.69) is 15.3 Å². The lowest BCUT2D eigenvalue weighted by molar-refractivity contribution is -0.123. The first-order valence-corrected chi connectivity index (χ1v) is 6.80. The summed E-state index contributed by atoms with van der Waals surface area (Å²) in [5.74, 6) is -0.0397. The van der Waals surface area contributed by atoms with Gasteiger partial charge in [0.15, 0.2) is 10.4 Å². The normalized spacial score (nSPS) is 12.6. The van der Waals surface area contributed by atoms with Gasteiger partial charge in [-0.05, 0) is 44.1 Å². The number of aromatic nitrogens is 3. The van der Waals surface area contributed by atoms with Gasteiger partial charge >= 0.3 is 0 Å². The Balaban J connectivity index is 2.45. The first-order chi connectivity index (χ1) is 9.06. The Hall–Kier alpha value is -1.69. The van der Waals surface area contributed by atoms with Gasteiger partial charge in [0.05, 0.1) is 5.52 Å². The van der Waals surface area contributed by atoms with E-state index in [1.165, 1.54) is 0 Å². The van der Waals surface area contributed by atoms with Crippen LogP contribution in [0.4, 0.5) is 0 Å². The summed E-state index contributed by atoms with van der Waals surface area (Å²) in [4.78, 5) is 19.5. The predicted molar refractivity (Wildman–Crippen MR) is 77.7 cm³/mol. The second kappa shape index (κ2) is 5.52. The van der Waals surface area contributed by atoms with Crippen molar-refractivity contribution in [2.75, 3.05) is 6.54 Å². The Morgan fingerprint density at radius 3 is 3.05 bits per heavy atom. The number of aryl methyl sites for hydroxylation is 1. The fraction of sp³-hybridized carbons (Fsp3) is 0.462. The molecule has 0 radical (unpaired) electrons. The predicted octanol–water partition coefficient (Wildman–Crippen LogP) is 2.49. The van der Waals surface area contributed by atoms with E-state index in [1.807, 2.05) is 26.8 Å². The Labute approximate surface area is 117 Å². The van der Waals surface area contributed by atoms with Crippen molar-refractivity contribution in [3.8, 4) is 0 Å². The Bertz CT molecular complexity index is 658. The molecule has 2 aromatic rings. The molecule has 19 heavy (non-hydrogen) atoms. The van der Waals surface area contributed by atoms with Gasteiger partial charge in [0.1, 0.15) is 6.04 Å². The van der Waals surface area contributed by atoms with Gasteiger partial charge in [0, 0.05) is 12.7 Å². The van der Waals surface area contributed by atoms with E-state index in [9.17, 15) is 4.79 Å². The summed E-state index contributed by atoms with van der Waals surface area (Å²) < 4.78 is 2.29. The number of H-pyrrole nitrogens is 1. The molecule has 2 rings (SSSR count). The molecule has 1 unspecified atom stereocenters. The van der Waals surface area contributed by atoms with Crippen LogP contribution in [0.2, 0.25) is 0 Å². The second-order valence-electron chi connectivity index (χ2n) is 4.59. The average molecular weight is 278 g/mol. The lowest BCUT2D eigenvalue weighted by Gasteiger charge is -2.13. The van der Waals surface area contributed by atoms with Crippen molar-refractivity contribution < 1.29 is 4.79 Å². The van der Waals surface area contributed by atoms with Crippen molar-refractivity contribution in [2.45, 2.75) is 33.2 Å². The van der Waals surface area contributed by atoms with E-state index < -0.39 is 0 Å². The Kier molecular flexibility index (Phi) is 3.99. The van der Waals surface area contributed by atoms with E-state index >= 15 is 0 Å². The number of hydrogen-bond acceptors (Lipinski definition) is 3. The first kappa shape index (κ1) is 13.7. The molecular formula is C13H18N4OS. The lowest BCUT2D eigenvalue weighted by atomic mass is 10.2. The van der Waals surface area contributed by atoms with Crippen molar-refractivity contribution in [1.29, 1.82) is 0 Å². The van der Waals surface area contributed by atoms with Gasteiger partial charge < -0.3 is 10.3 Å². The quantitative estimate of drug-likeness (QED) is 0.845. The monoisotopic (exact) mass is 278 g/mol. The third kappa shape index (κ3) is 2.53. The van der Waals surface area contributed by atoms with Crippen LogP contribution in [0.1, 0.15) is 31.9 Å². The van der Waals surface area contributed by atoms with Crippen LogP contribution in [0, 0.1) is 11.7 Å². The number of hydrogen-bond donors (Lipinski definition) is 2. The molecule has 0 aliphatic carbocycles. The molecule has 0 saturated heterocycles. The summed E-state index contributed by atoms with van der Waals surface area (Å²) in [5.41, 5.74) is 2.68. The molecule has 1 atom stereocenters. The number of nitrogens with one attached hydrogen (secondary N) is 2. The molecule has 102 valence electrons.